The number of nitrogens with zero attached hydrogens (tertiary/aromatic N) is 4. The van der Waals surface area contributed by atoms with E-state index in [0.29, 0.717) is 31.8 Å². The number of rotatable bonds is 3. The second kappa shape index (κ2) is 6.62. The number of anilines is 1. The third-order valence-electron chi connectivity index (χ3n) is 3.85. The van der Waals surface area contributed by atoms with E-state index in [0.717, 1.165) is 11.8 Å². The van der Waals surface area contributed by atoms with Gasteiger partial charge in [-0.15, -0.1) is 0 Å². The van der Waals surface area contributed by atoms with Gasteiger partial charge in [0.25, 0.3) is 0 Å². The highest BCUT2D eigenvalue weighted by molar-refractivity contribution is 5.48. The van der Waals surface area contributed by atoms with Crippen LogP contribution in [0.5, 0.6) is 5.88 Å². The number of aromatic nitrogens is 3. The lowest BCUT2D eigenvalue weighted by molar-refractivity contribution is -0.137. The van der Waals surface area contributed by atoms with Crippen molar-refractivity contribution in [1.82, 2.24) is 15.0 Å². The molecule has 0 amide bonds. The van der Waals surface area contributed by atoms with Crippen LogP contribution in [0.2, 0.25) is 0 Å². The Morgan fingerprint density at radius 2 is 1.96 bits per heavy atom. The minimum Gasteiger partial charge on any atom is -0.473 e. The molecule has 1 aliphatic rings. The van der Waals surface area contributed by atoms with E-state index < -0.39 is 11.7 Å². The highest BCUT2D eigenvalue weighted by Gasteiger charge is 2.36. The maximum Gasteiger partial charge on any atom is 0.419 e. The number of pyridine rings is 1. The van der Waals surface area contributed by atoms with Crippen LogP contribution in [-0.4, -0.2) is 34.1 Å². The molecule has 0 aliphatic carbocycles. The molecule has 0 radical (unpaired) electrons. The van der Waals surface area contributed by atoms with Crippen LogP contribution in [-0.2, 0) is 6.18 Å². The van der Waals surface area contributed by atoms with Crippen molar-refractivity contribution in [3.63, 3.8) is 0 Å². The van der Waals surface area contributed by atoms with Crippen molar-refractivity contribution in [2.45, 2.75) is 32.0 Å². The van der Waals surface area contributed by atoms with Crippen molar-refractivity contribution in [1.29, 1.82) is 0 Å². The Hall–Kier alpha value is -2.38. The van der Waals surface area contributed by atoms with Crippen LogP contribution < -0.4 is 9.64 Å². The smallest absolute Gasteiger partial charge is 0.419 e. The average Bonchev–Trinajstić information content (AvgIpc) is 2.55. The van der Waals surface area contributed by atoms with Crippen LogP contribution in [0.1, 0.15) is 24.1 Å². The first kappa shape index (κ1) is 16.5. The number of piperidine rings is 1. The maximum absolute atomic E-state index is 13.1. The van der Waals surface area contributed by atoms with Crippen LogP contribution in [0.25, 0.3) is 0 Å². The molecule has 5 nitrogen and oxygen atoms in total. The normalized spacial score (nSPS) is 16.2. The molecule has 0 saturated carbocycles. The fourth-order valence-corrected chi connectivity index (χ4v) is 2.72. The molecule has 1 fully saturated rings. The average molecular weight is 338 g/mol. The Kier molecular flexibility index (Phi) is 4.55. The van der Waals surface area contributed by atoms with Gasteiger partial charge in [-0.2, -0.15) is 13.2 Å². The zero-order chi connectivity index (χ0) is 17.2. The molecule has 0 aromatic carbocycles. The fourth-order valence-electron chi connectivity index (χ4n) is 2.72. The van der Waals surface area contributed by atoms with Gasteiger partial charge in [0, 0.05) is 38.3 Å². The van der Waals surface area contributed by atoms with Crippen molar-refractivity contribution < 1.29 is 17.9 Å². The molecule has 2 aromatic heterocycles. The van der Waals surface area contributed by atoms with Crippen LogP contribution in [0.3, 0.4) is 0 Å². The van der Waals surface area contributed by atoms with Gasteiger partial charge in [0.1, 0.15) is 11.9 Å². The van der Waals surface area contributed by atoms with Gasteiger partial charge in [-0.25, -0.2) is 9.97 Å². The zero-order valence-corrected chi connectivity index (χ0v) is 13.1. The largest absolute Gasteiger partial charge is 0.473 e. The summed E-state index contributed by atoms with van der Waals surface area (Å²) in [7, 11) is 0. The number of ether oxygens (including phenoxy) is 1. The van der Waals surface area contributed by atoms with Crippen molar-refractivity contribution in [2.75, 3.05) is 18.0 Å². The molecule has 3 heterocycles. The first-order valence-corrected chi connectivity index (χ1v) is 7.66. The van der Waals surface area contributed by atoms with Crippen LogP contribution in [0.4, 0.5) is 19.0 Å². The van der Waals surface area contributed by atoms with E-state index >= 15 is 0 Å². The van der Waals surface area contributed by atoms with E-state index in [9.17, 15) is 13.2 Å². The van der Waals surface area contributed by atoms with Crippen molar-refractivity contribution in [3.8, 4) is 5.88 Å². The summed E-state index contributed by atoms with van der Waals surface area (Å²) in [6, 6.07) is 2.37. The molecule has 0 N–H and O–H groups in total. The highest BCUT2D eigenvalue weighted by atomic mass is 19.4. The van der Waals surface area contributed by atoms with Crippen LogP contribution in [0, 0.1) is 6.92 Å². The van der Waals surface area contributed by atoms with Gasteiger partial charge >= 0.3 is 6.18 Å². The van der Waals surface area contributed by atoms with Crippen molar-refractivity contribution >= 4 is 5.82 Å². The van der Waals surface area contributed by atoms with E-state index in [2.05, 4.69) is 15.0 Å². The minimum atomic E-state index is -4.41. The lowest BCUT2D eigenvalue weighted by atomic mass is 10.1. The number of hydrogen-bond donors (Lipinski definition) is 0. The van der Waals surface area contributed by atoms with Gasteiger partial charge in [-0.05, 0) is 19.1 Å². The summed E-state index contributed by atoms with van der Waals surface area (Å²) < 4.78 is 45.1. The van der Waals surface area contributed by atoms with Gasteiger partial charge in [-0.1, -0.05) is 0 Å². The van der Waals surface area contributed by atoms with E-state index in [1.165, 1.54) is 12.3 Å². The van der Waals surface area contributed by atoms with Crippen LogP contribution in [0.15, 0.2) is 30.7 Å². The molecule has 0 bridgehead atoms. The number of alkyl halides is 3. The fraction of sp³-hybridized carbons (Fsp3) is 0.438. The quantitative estimate of drug-likeness (QED) is 0.860. The summed E-state index contributed by atoms with van der Waals surface area (Å²) in [5.74, 6) is 0.432. The Labute approximate surface area is 137 Å². The minimum absolute atomic E-state index is 0.0150. The molecule has 1 aliphatic heterocycles. The molecule has 2 aromatic rings. The molecule has 8 heteroatoms. The van der Waals surface area contributed by atoms with Gasteiger partial charge in [0.2, 0.25) is 5.88 Å². The SMILES string of the molecule is Cc1cncc(OC2CCN(c3ncccc3C(F)(F)F)CC2)n1. The molecule has 0 unspecified atom stereocenters. The predicted molar refractivity (Wildman–Crippen MR) is 81.9 cm³/mol. The van der Waals surface area contributed by atoms with E-state index in [-0.39, 0.29) is 11.9 Å². The Morgan fingerprint density at radius 1 is 1.21 bits per heavy atom. The lowest BCUT2D eigenvalue weighted by Crippen LogP contribution is -2.39. The molecule has 24 heavy (non-hydrogen) atoms. The molecular weight excluding hydrogens is 321 g/mol. The number of hydrogen-bond acceptors (Lipinski definition) is 5. The summed E-state index contributed by atoms with van der Waals surface area (Å²) >= 11 is 0. The van der Waals surface area contributed by atoms with E-state index in [1.807, 2.05) is 6.92 Å². The standard InChI is InChI=1S/C16H17F3N4O/c1-11-9-20-10-14(22-11)24-12-4-7-23(8-5-12)15-13(16(17,18)19)3-2-6-21-15/h2-3,6,9-10,12H,4-5,7-8H2,1H3. The lowest BCUT2D eigenvalue weighted by Gasteiger charge is -2.33. The number of aryl methyl sites for hydroxylation is 1. The summed E-state index contributed by atoms with van der Waals surface area (Å²) in [6.45, 7) is 2.72. The summed E-state index contributed by atoms with van der Waals surface area (Å²) in [6.07, 6.45) is 1.27. The molecule has 3 rings (SSSR count). The van der Waals surface area contributed by atoms with Crippen molar-refractivity contribution in [3.05, 3.63) is 42.0 Å². The zero-order valence-electron chi connectivity index (χ0n) is 13.1. The Bertz CT molecular complexity index is 700. The summed E-state index contributed by atoms with van der Waals surface area (Å²) in [4.78, 5) is 13.8. The first-order chi connectivity index (χ1) is 11.4. The van der Waals surface area contributed by atoms with Gasteiger partial charge < -0.3 is 9.64 Å². The second-order valence-electron chi connectivity index (χ2n) is 5.68. The molecular formula is C16H17F3N4O. The molecule has 0 atom stereocenters. The van der Waals surface area contributed by atoms with Crippen LogP contribution >= 0.6 is 0 Å². The van der Waals surface area contributed by atoms with E-state index in [1.54, 1.807) is 17.3 Å². The Balaban J connectivity index is 1.66. The monoisotopic (exact) mass is 338 g/mol. The molecule has 128 valence electrons. The third kappa shape index (κ3) is 3.74. The topological polar surface area (TPSA) is 51.1 Å². The highest BCUT2D eigenvalue weighted by Crippen LogP contribution is 2.36. The second-order valence-corrected chi connectivity index (χ2v) is 5.68. The summed E-state index contributed by atoms with van der Waals surface area (Å²) in [5, 5.41) is 0. The Morgan fingerprint density at radius 3 is 2.62 bits per heavy atom. The first-order valence-electron chi connectivity index (χ1n) is 7.66. The van der Waals surface area contributed by atoms with Crippen molar-refractivity contribution in [2.24, 2.45) is 0 Å². The molecule has 1 saturated heterocycles. The van der Waals surface area contributed by atoms with Gasteiger partial charge in [0.05, 0.1) is 17.5 Å². The van der Waals surface area contributed by atoms with E-state index in [4.69, 9.17) is 4.74 Å². The number of halogens is 3. The van der Waals surface area contributed by atoms with Gasteiger partial charge in [-0.3, -0.25) is 4.98 Å². The predicted octanol–water partition coefficient (Wildman–Crippen LogP) is 3.25. The maximum atomic E-state index is 13.1. The van der Waals surface area contributed by atoms with Gasteiger partial charge in [0.15, 0.2) is 0 Å². The third-order valence-corrected chi connectivity index (χ3v) is 3.85. The molecule has 0 spiro atoms. The summed E-state index contributed by atoms with van der Waals surface area (Å²) in [5.41, 5.74) is 0.0576.